The van der Waals surface area contributed by atoms with Crippen molar-refractivity contribution >= 4 is 62.8 Å². The minimum Gasteiger partial charge on any atom is -0.490 e. The van der Waals surface area contributed by atoms with Crippen molar-refractivity contribution < 1.29 is 28.2 Å². The van der Waals surface area contributed by atoms with Crippen LogP contribution in [-0.2, 0) is 9.59 Å². The maximum Gasteiger partial charge on any atom is 0.333 e. The monoisotopic (exact) mass is 587 g/mol. The van der Waals surface area contributed by atoms with Gasteiger partial charge in [0.05, 0.1) is 12.3 Å². The van der Waals surface area contributed by atoms with E-state index in [-0.39, 0.29) is 18.1 Å². The lowest BCUT2D eigenvalue weighted by molar-refractivity contribution is -0.118. The highest BCUT2D eigenvalue weighted by atomic mass is 79.9. The zero-order valence-corrected chi connectivity index (χ0v) is 21.7. The van der Waals surface area contributed by atoms with Crippen LogP contribution in [0, 0.1) is 5.82 Å². The molecule has 1 aliphatic heterocycles. The Balaban J connectivity index is 1.52. The largest absolute Gasteiger partial charge is 0.490 e. The number of carbonyl (C=O) groups is 3. The van der Waals surface area contributed by atoms with E-state index in [1.165, 1.54) is 36.4 Å². The number of ether oxygens (including phenoxy) is 2. The van der Waals surface area contributed by atoms with Crippen LogP contribution in [0.3, 0.4) is 0 Å². The second-order valence-corrected chi connectivity index (χ2v) is 9.00. The van der Waals surface area contributed by atoms with E-state index in [4.69, 9.17) is 21.1 Å². The van der Waals surface area contributed by atoms with Crippen LogP contribution in [0.1, 0.15) is 12.5 Å². The van der Waals surface area contributed by atoms with Crippen LogP contribution in [0.5, 0.6) is 11.5 Å². The van der Waals surface area contributed by atoms with Crippen LogP contribution in [0.15, 0.2) is 70.8 Å². The van der Waals surface area contributed by atoms with E-state index < -0.39 is 23.7 Å². The van der Waals surface area contributed by atoms with Crippen molar-refractivity contribution in [2.24, 2.45) is 0 Å². The first kappa shape index (κ1) is 26.2. The van der Waals surface area contributed by atoms with E-state index in [1.54, 1.807) is 37.3 Å². The van der Waals surface area contributed by atoms with Crippen LogP contribution >= 0.6 is 27.5 Å². The van der Waals surface area contributed by atoms with Gasteiger partial charge in [-0.1, -0.05) is 33.6 Å². The van der Waals surface area contributed by atoms with Gasteiger partial charge in [0.15, 0.2) is 18.1 Å². The van der Waals surface area contributed by atoms with E-state index in [2.05, 4.69) is 26.6 Å². The van der Waals surface area contributed by atoms with Gasteiger partial charge >= 0.3 is 6.03 Å². The summed E-state index contributed by atoms with van der Waals surface area (Å²) in [6, 6.07) is 14.4. The van der Waals surface area contributed by atoms with Crippen LogP contribution in [-0.4, -0.2) is 31.1 Å². The molecule has 0 saturated carbocycles. The molecule has 1 saturated heterocycles. The van der Waals surface area contributed by atoms with Gasteiger partial charge < -0.3 is 20.1 Å². The molecule has 0 bridgehead atoms. The van der Waals surface area contributed by atoms with Gasteiger partial charge in [-0.15, -0.1) is 0 Å². The fraction of sp³-hybridized carbons (Fsp3) is 0.115. The molecule has 1 heterocycles. The molecule has 1 aliphatic rings. The lowest BCUT2D eigenvalue weighted by Crippen LogP contribution is -2.30. The molecule has 0 aliphatic carbocycles. The molecule has 190 valence electrons. The number of anilines is 2. The fourth-order valence-corrected chi connectivity index (χ4v) is 4.08. The van der Waals surface area contributed by atoms with Crippen molar-refractivity contribution in [1.82, 2.24) is 5.32 Å². The highest BCUT2D eigenvalue weighted by Gasteiger charge is 2.35. The van der Waals surface area contributed by atoms with Crippen molar-refractivity contribution in [2.75, 3.05) is 23.4 Å². The number of amides is 4. The van der Waals surface area contributed by atoms with Crippen molar-refractivity contribution in [3.05, 3.63) is 87.2 Å². The predicted octanol–water partition coefficient (Wildman–Crippen LogP) is 5.76. The van der Waals surface area contributed by atoms with E-state index in [0.717, 1.165) is 4.90 Å². The summed E-state index contributed by atoms with van der Waals surface area (Å²) >= 11 is 9.44. The first-order valence-corrected chi connectivity index (χ1v) is 12.2. The smallest absolute Gasteiger partial charge is 0.333 e. The number of hydrogen-bond donors (Lipinski definition) is 2. The summed E-state index contributed by atoms with van der Waals surface area (Å²) in [6.45, 7) is 1.77. The zero-order valence-electron chi connectivity index (χ0n) is 19.4. The van der Waals surface area contributed by atoms with Crippen molar-refractivity contribution in [3.8, 4) is 11.5 Å². The SMILES string of the molecule is CCOc1cc(/C=C2/NC(=O)N(c3cccc(Cl)c3)C2=O)c(Br)cc1OCC(=O)Nc1ccc(F)cc1. The van der Waals surface area contributed by atoms with Gasteiger partial charge in [-0.2, -0.15) is 0 Å². The Kier molecular flexibility index (Phi) is 8.10. The van der Waals surface area contributed by atoms with Gasteiger partial charge in [-0.3, -0.25) is 9.59 Å². The molecule has 4 amide bonds. The summed E-state index contributed by atoms with van der Waals surface area (Å²) < 4.78 is 24.9. The molecular formula is C26H20BrClFN3O5. The van der Waals surface area contributed by atoms with Crippen molar-refractivity contribution in [3.63, 3.8) is 0 Å². The minimum atomic E-state index is -0.605. The molecule has 0 radical (unpaired) electrons. The minimum absolute atomic E-state index is 0.0560. The molecule has 4 rings (SSSR count). The van der Waals surface area contributed by atoms with Gasteiger partial charge in [0.1, 0.15) is 11.5 Å². The highest BCUT2D eigenvalue weighted by Crippen LogP contribution is 2.35. The van der Waals surface area contributed by atoms with E-state index in [1.807, 2.05) is 0 Å². The molecule has 0 unspecified atom stereocenters. The lowest BCUT2D eigenvalue weighted by atomic mass is 10.1. The number of urea groups is 1. The first-order chi connectivity index (χ1) is 17.7. The van der Waals surface area contributed by atoms with Gasteiger partial charge in [0.25, 0.3) is 11.8 Å². The maximum atomic E-state index is 13.1. The molecule has 0 spiro atoms. The van der Waals surface area contributed by atoms with Gasteiger partial charge in [-0.05, 0) is 73.2 Å². The number of nitrogens with zero attached hydrogens (tertiary/aromatic N) is 1. The Labute approximate surface area is 225 Å². The number of imide groups is 1. The Hall–Kier alpha value is -3.89. The van der Waals surface area contributed by atoms with Crippen molar-refractivity contribution in [2.45, 2.75) is 6.92 Å². The van der Waals surface area contributed by atoms with E-state index in [0.29, 0.717) is 38.8 Å². The Morgan fingerprint density at radius 3 is 2.54 bits per heavy atom. The molecular weight excluding hydrogens is 569 g/mol. The summed E-state index contributed by atoms with van der Waals surface area (Å²) in [4.78, 5) is 38.7. The number of halogens is 3. The second-order valence-electron chi connectivity index (χ2n) is 7.71. The summed E-state index contributed by atoms with van der Waals surface area (Å²) in [5, 5.41) is 5.57. The molecule has 3 aromatic rings. The first-order valence-electron chi connectivity index (χ1n) is 11.0. The quantitative estimate of drug-likeness (QED) is 0.258. The third-order valence-corrected chi connectivity index (χ3v) is 6.02. The summed E-state index contributed by atoms with van der Waals surface area (Å²) in [5.41, 5.74) is 1.36. The standard InChI is InChI=1S/C26H20BrClFN3O5/c1-2-36-22-11-15(10-21-25(34)32(26(35)31-21)19-5-3-4-16(28)12-19)20(27)13-23(22)37-14-24(33)30-18-8-6-17(29)7-9-18/h3-13H,2,14H2,1H3,(H,30,33)(H,31,35)/b21-10+. The number of benzene rings is 3. The topological polar surface area (TPSA) is 97.0 Å². The molecule has 3 aromatic carbocycles. The van der Waals surface area contributed by atoms with Crippen molar-refractivity contribution in [1.29, 1.82) is 0 Å². The van der Waals surface area contributed by atoms with E-state index >= 15 is 0 Å². The van der Waals surface area contributed by atoms with Crippen LogP contribution in [0.25, 0.3) is 6.08 Å². The highest BCUT2D eigenvalue weighted by molar-refractivity contribution is 9.10. The molecule has 1 fully saturated rings. The average Bonchev–Trinajstić information content (AvgIpc) is 3.14. The predicted molar refractivity (Wildman–Crippen MR) is 141 cm³/mol. The Morgan fingerprint density at radius 1 is 1.11 bits per heavy atom. The third kappa shape index (κ3) is 6.28. The fourth-order valence-electron chi connectivity index (χ4n) is 3.46. The normalized spacial score (nSPS) is 14.1. The van der Waals surface area contributed by atoms with Gasteiger partial charge in [0, 0.05) is 15.2 Å². The maximum absolute atomic E-state index is 13.1. The van der Waals surface area contributed by atoms with Crippen LogP contribution < -0.4 is 25.0 Å². The second kappa shape index (κ2) is 11.4. The average molecular weight is 589 g/mol. The Bertz CT molecular complexity index is 1400. The summed E-state index contributed by atoms with van der Waals surface area (Å²) in [7, 11) is 0. The summed E-state index contributed by atoms with van der Waals surface area (Å²) in [5.74, 6) is -0.790. The molecule has 37 heavy (non-hydrogen) atoms. The molecule has 2 N–H and O–H groups in total. The zero-order chi connectivity index (χ0) is 26.5. The molecule has 8 nitrogen and oxygen atoms in total. The lowest BCUT2D eigenvalue weighted by Gasteiger charge is -2.14. The van der Waals surface area contributed by atoms with Gasteiger partial charge in [0.2, 0.25) is 0 Å². The number of carbonyl (C=O) groups excluding carboxylic acids is 3. The molecule has 0 atom stereocenters. The Morgan fingerprint density at radius 2 is 1.84 bits per heavy atom. The summed E-state index contributed by atoms with van der Waals surface area (Å²) in [6.07, 6.45) is 1.50. The number of hydrogen-bond acceptors (Lipinski definition) is 5. The number of nitrogens with one attached hydrogen (secondary N) is 2. The van der Waals surface area contributed by atoms with Crippen LogP contribution in [0.4, 0.5) is 20.6 Å². The molecule has 11 heteroatoms. The van der Waals surface area contributed by atoms with Gasteiger partial charge in [-0.25, -0.2) is 14.1 Å². The third-order valence-electron chi connectivity index (χ3n) is 5.09. The van der Waals surface area contributed by atoms with E-state index in [9.17, 15) is 18.8 Å². The number of rotatable bonds is 8. The molecule has 0 aromatic heterocycles. The van der Waals surface area contributed by atoms with Crippen LogP contribution in [0.2, 0.25) is 5.02 Å².